The molecule has 0 unspecified atom stereocenters. The van der Waals surface area contributed by atoms with Crippen LogP contribution in [0.2, 0.25) is 0 Å². The summed E-state index contributed by atoms with van der Waals surface area (Å²) in [6.45, 7) is 0. The van der Waals surface area contributed by atoms with E-state index in [2.05, 4.69) is 21.1 Å². The molecule has 0 saturated carbocycles. The summed E-state index contributed by atoms with van der Waals surface area (Å²) in [6.07, 6.45) is 3.11. The molecule has 6 nitrogen and oxygen atoms in total. The van der Waals surface area contributed by atoms with Crippen LogP contribution in [-0.4, -0.2) is 19.6 Å². The molecule has 0 spiro atoms. The molecule has 3 aromatic rings. The Hall–Kier alpha value is -2.94. The lowest BCUT2D eigenvalue weighted by atomic mass is 10.1. The zero-order valence-corrected chi connectivity index (χ0v) is 9.28. The van der Waals surface area contributed by atoms with Gasteiger partial charge in [-0.15, -0.1) is 0 Å². The van der Waals surface area contributed by atoms with Crippen LogP contribution in [0.4, 0.5) is 5.82 Å². The molecule has 6 heteroatoms. The normalized spacial score (nSPS) is 10.4. The average molecular weight is 236 g/mol. The van der Waals surface area contributed by atoms with E-state index in [9.17, 15) is 0 Å². The number of nitrogens with two attached hydrogens (primary N) is 1. The maximum Gasteiger partial charge on any atom is 0.198 e. The average Bonchev–Trinajstić information content (AvgIpc) is 2.87. The molecule has 0 amide bonds. The quantitative estimate of drug-likeness (QED) is 0.686. The molecular weight excluding hydrogens is 228 g/mol. The molecule has 0 bridgehead atoms. The van der Waals surface area contributed by atoms with E-state index in [0.29, 0.717) is 16.9 Å². The predicted octanol–water partition coefficient (Wildman–Crippen LogP) is 1.25. The molecule has 18 heavy (non-hydrogen) atoms. The number of nitrogens with zero attached hydrogens (tertiary/aromatic N) is 5. The van der Waals surface area contributed by atoms with Gasteiger partial charge < -0.3 is 5.73 Å². The highest BCUT2D eigenvalue weighted by Crippen LogP contribution is 2.22. The number of rotatable bonds is 1. The standard InChI is InChI=1S/C12H8N6/c13-5-8-3-1-2-4-9(8)10-6-18-12(11(14)17-10)15-7-16-18/h1-4,6-7H,(H2,14,17). The first-order valence-corrected chi connectivity index (χ1v) is 5.25. The summed E-state index contributed by atoms with van der Waals surface area (Å²) >= 11 is 0. The van der Waals surface area contributed by atoms with Crippen LogP contribution >= 0.6 is 0 Å². The third-order valence-corrected chi connectivity index (χ3v) is 2.61. The van der Waals surface area contributed by atoms with Gasteiger partial charge >= 0.3 is 0 Å². The molecule has 2 N–H and O–H groups in total. The highest BCUT2D eigenvalue weighted by molar-refractivity contribution is 5.71. The molecule has 0 radical (unpaired) electrons. The van der Waals surface area contributed by atoms with Crippen molar-refractivity contribution in [1.82, 2.24) is 19.6 Å². The molecule has 0 fully saturated rings. The van der Waals surface area contributed by atoms with Crippen LogP contribution in [0.15, 0.2) is 36.8 Å². The first-order valence-electron chi connectivity index (χ1n) is 5.25. The number of aromatic nitrogens is 4. The summed E-state index contributed by atoms with van der Waals surface area (Å²) in [5.74, 6) is 0.290. The summed E-state index contributed by atoms with van der Waals surface area (Å²) in [5, 5.41) is 13.1. The van der Waals surface area contributed by atoms with E-state index in [4.69, 9.17) is 11.0 Å². The van der Waals surface area contributed by atoms with Gasteiger partial charge in [-0.3, -0.25) is 0 Å². The van der Waals surface area contributed by atoms with Gasteiger partial charge in [-0.05, 0) is 6.07 Å². The Balaban J connectivity index is 2.29. The zero-order chi connectivity index (χ0) is 12.5. The van der Waals surface area contributed by atoms with Gasteiger partial charge in [0.05, 0.1) is 23.5 Å². The van der Waals surface area contributed by atoms with Crippen LogP contribution in [0.5, 0.6) is 0 Å². The van der Waals surface area contributed by atoms with Crippen molar-refractivity contribution in [3.8, 4) is 17.3 Å². The van der Waals surface area contributed by atoms with Crippen molar-refractivity contribution in [1.29, 1.82) is 5.26 Å². The molecule has 3 rings (SSSR count). The van der Waals surface area contributed by atoms with Gasteiger partial charge in [0, 0.05) is 5.56 Å². The van der Waals surface area contributed by atoms with Crippen molar-refractivity contribution in [2.75, 3.05) is 5.73 Å². The molecule has 2 aromatic heterocycles. The van der Waals surface area contributed by atoms with Crippen LogP contribution in [0.1, 0.15) is 5.56 Å². The predicted molar refractivity (Wildman–Crippen MR) is 65.3 cm³/mol. The van der Waals surface area contributed by atoms with E-state index in [1.54, 1.807) is 22.8 Å². The molecule has 2 heterocycles. The Morgan fingerprint density at radius 2 is 2.11 bits per heavy atom. The van der Waals surface area contributed by atoms with Crippen molar-refractivity contribution < 1.29 is 0 Å². The van der Waals surface area contributed by atoms with Crippen LogP contribution < -0.4 is 5.73 Å². The molecule has 0 aliphatic carbocycles. The van der Waals surface area contributed by atoms with Crippen molar-refractivity contribution in [2.45, 2.75) is 0 Å². The van der Waals surface area contributed by atoms with Crippen molar-refractivity contribution >= 4 is 11.5 Å². The van der Waals surface area contributed by atoms with E-state index < -0.39 is 0 Å². The molecule has 86 valence electrons. The molecule has 0 saturated heterocycles. The molecule has 0 aliphatic heterocycles. The van der Waals surface area contributed by atoms with E-state index in [1.165, 1.54) is 6.33 Å². The maximum atomic E-state index is 9.08. The topological polar surface area (TPSA) is 92.9 Å². The second-order valence-electron chi connectivity index (χ2n) is 3.70. The van der Waals surface area contributed by atoms with E-state index in [1.807, 2.05) is 12.1 Å². The van der Waals surface area contributed by atoms with Gasteiger partial charge in [-0.2, -0.15) is 10.4 Å². The maximum absolute atomic E-state index is 9.08. The minimum atomic E-state index is 0.290. The van der Waals surface area contributed by atoms with E-state index in [-0.39, 0.29) is 5.82 Å². The minimum Gasteiger partial charge on any atom is -0.381 e. The Bertz CT molecular complexity index is 768. The van der Waals surface area contributed by atoms with Gasteiger partial charge in [0.1, 0.15) is 6.33 Å². The highest BCUT2D eigenvalue weighted by atomic mass is 15.3. The first-order chi connectivity index (χ1) is 8.79. The zero-order valence-electron chi connectivity index (χ0n) is 9.28. The number of fused-ring (bicyclic) bond motifs is 1. The number of benzene rings is 1. The summed E-state index contributed by atoms with van der Waals surface area (Å²) in [5.41, 5.74) is 8.19. The largest absolute Gasteiger partial charge is 0.381 e. The first kappa shape index (κ1) is 10.2. The van der Waals surface area contributed by atoms with Gasteiger partial charge in [-0.1, -0.05) is 18.2 Å². The monoisotopic (exact) mass is 236 g/mol. The summed E-state index contributed by atoms with van der Waals surface area (Å²) < 4.78 is 1.55. The van der Waals surface area contributed by atoms with Crippen LogP contribution in [-0.2, 0) is 0 Å². The van der Waals surface area contributed by atoms with E-state index >= 15 is 0 Å². The Labute approximate surface area is 102 Å². The second-order valence-corrected chi connectivity index (χ2v) is 3.70. The number of nitrogen functional groups attached to an aromatic ring is 1. The smallest absolute Gasteiger partial charge is 0.198 e. The van der Waals surface area contributed by atoms with Gasteiger partial charge in [0.15, 0.2) is 11.5 Å². The van der Waals surface area contributed by atoms with Crippen LogP contribution in [0.3, 0.4) is 0 Å². The van der Waals surface area contributed by atoms with Gasteiger partial charge in [-0.25, -0.2) is 14.5 Å². The van der Waals surface area contributed by atoms with Crippen LogP contribution in [0.25, 0.3) is 16.9 Å². The fourth-order valence-electron chi connectivity index (χ4n) is 1.79. The summed E-state index contributed by atoms with van der Waals surface area (Å²) in [6, 6.07) is 9.34. The number of hydrogen-bond donors (Lipinski definition) is 1. The fraction of sp³-hybridized carbons (Fsp3) is 0. The fourth-order valence-corrected chi connectivity index (χ4v) is 1.79. The SMILES string of the molecule is N#Cc1ccccc1-c1cn2ncnc2c(N)n1. The molecular formula is C12H8N6. The van der Waals surface area contributed by atoms with Crippen molar-refractivity contribution in [3.63, 3.8) is 0 Å². The lowest BCUT2D eigenvalue weighted by molar-refractivity contribution is 0.951. The molecule has 0 atom stereocenters. The minimum absolute atomic E-state index is 0.290. The Morgan fingerprint density at radius 1 is 1.28 bits per heavy atom. The van der Waals surface area contributed by atoms with Gasteiger partial charge in [0.25, 0.3) is 0 Å². The highest BCUT2D eigenvalue weighted by Gasteiger charge is 2.10. The van der Waals surface area contributed by atoms with Gasteiger partial charge in [0.2, 0.25) is 0 Å². The third kappa shape index (κ3) is 1.46. The van der Waals surface area contributed by atoms with Crippen molar-refractivity contribution in [2.24, 2.45) is 0 Å². The third-order valence-electron chi connectivity index (χ3n) is 2.61. The molecule has 0 aliphatic rings. The van der Waals surface area contributed by atoms with Crippen LogP contribution in [0, 0.1) is 11.3 Å². The Morgan fingerprint density at radius 3 is 2.94 bits per heavy atom. The molecule has 1 aromatic carbocycles. The lowest BCUT2D eigenvalue weighted by Gasteiger charge is -2.05. The van der Waals surface area contributed by atoms with E-state index in [0.717, 1.165) is 5.56 Å². The summed E-state index contributed by atoms with van der Waals surface area (Å²) in [7, 11) is 0. The lowest BCUT2D eigenvalue weighted by Crippen LogP contribution is -2.00. The Kier molecular flexibility index (Phi) is 2.17. The summed E-state index contributed by atoms with van der Waals surface area (Å²) in [4.78, 5) is 8.25. The number of anilines is 1. The van der Waals surface area contributed by atoms with Crippen molar-refractivity contribution in [3.05, 3.63) is 42.4 Å². The second kappa shape index (κ2) is 3.82. The number of nitriles is 1. The number of hydrogen-bond acceptors (Lipinski definition) is 5.